The average Bonchev–Trinajstić information content (AvgIpc) is 2.19. The van der Waals surface area contributed by atoms with E-state index in [1.807, 2.05) is 0 Å². The summed E-state index contributed by atoms with van der Waals surface area (Å²) in [6.07, 6.45) is 7.62. The van der Waals surface area contributed by atoms with Gasteiger partial charge in [-0.05, 0) is 18.8 Å². The van der Waals surface area contributed by atoms with Crippen LogP contribution in [-0.4, -0.2) is 12.5 Å². The van der Waals surface area contributed by atoms with Crippen molar-refractivity contribution in [3.8, 4) is 0 Å². The van der Waals surface area contributed by atoms with Crippen molar-refractivity contribution in [3.05, 3.63) is 12.7 Å². The van der Waals surface area contributed by atoms with Gasteiger partial charge in [0, 0.05) is 12.6 Å². The largest absolute Gasteiger partial charge is 0.367 e. The second-order valence-electron chi connectivity index (χ2n) is 3.48. The smallest absolute Gasteiger partial charge is 0.348 e. The third-order valence-corrected chi connectivity index (χ3v) is 2.44. The fourth-order valence-electron chi connectivity index (χ4n) is 1.66. The Balaban J connectivity index is 2.04. The third-order valence-electron chi connectivity index (χ3n) is 2.44. The lowest BCUT2D eigenvalue weighted by molar-refractivity contribution is -0.145. The second kappa shape index (κ2) is 5.75. The average molecular weight is 183 g/mol. The zero-order valence-electron chi connectivity index (χ0n) is 7.92. The van der Waals surface area contributed by atoms with Gasteiger partial charge in [0.05, 0.1) is 0 Å². The van der Waals surface area contributed by atoms with Crippen molar-refractivity contribution in [2.75, 3.05) is 6.54 Å². The van der Waals surface area contributed by atoms with Gasteiger partial charge in [-0.25, -0.2) is 4.79 Å². The molecule has 74 valence electrons. The molecule has 0 aliphatic heterocycles. The van der Waals surface area contributed by atoms with E-state index >= 15 is 0 Å². The Kier molecular flexibility index (Phi) is 4.54. The number of rotatable bonds is 4. The second-order valence-corrected chi connectivity index (χ2v) is 3.48. The minimum Gasteiger partial charge on any atom is -0.367 e. The van der Waals surface area contributed by atoms with E-state index in [1.165, 1.54) is 32.1 Å². The Labute approximate surface area is 79.1 Å². The van der Waals surface area contributed by atoms with E-state index in [2.05, 4.69) is 16.9 Å². The molecule has 0 amide bonds. The molecule has 13 heavy (non-hydrogen) atoms. The van der Waals surface area contributed by atoms with Crippen LogP contribution in [-0.2, 0) is 9.63 Å². The van der Waals surface area contributed by atoms with Crippen molar-refractivity contribution in [1.82, 2.24) is 5.48 Å². The van der Waals surface area contributed by atoms with Gasteiger partial charge in [-0.15, -0.1) is 0 Å². The Morgan fingerprint density at radius 2 is 2.15 bits per heavy atom. The van der Waals surface area contributed by atoms with E-state index < -0.39 is 5.97 Å². The molecular formula is C10H17NO2. The van der Waals surface area contributed by atoms with E-state index in [-0.39, 0.29) is 0 Å². The Bertz CT molecular complexity index is 174. The highest BCUT2D eigenvalue weighted by Gasteiger charge is 2.13. The first kappa shape index (κ1) is 10.3. The molecule has 0 saturated heterocycles. The molecule has 0 radical (unpaired) electrons. The predicted octanol–water partition coefficient (Wildman–Crippen LogP) is 1.80. The first-order valence-electron chi connectivity index (χ1n) is 4.89. The number of carbonyl (C=O) groups excluding carboxylic acids is 1. The zero-order valence-corrected chi connectivity index (χ0v) is 7.92. The minimum absolute atomic E-state index is 0.407. The van der Waals surface area contributed by atoms with Crippen molar-refractivity contribution in [2.24, 2.45) is 5.92 Å². The van der Waals surface area contributed by atoms with Gasteiger partial charge in [0.25, 0.3) is 0 Å². The summed E-state index contributed by atoms with van der Waals surface area (Å²) < 4.78 is 0. The molecule has 1 aliphatic carbocycles. The van der Waals surface area contributed by atoms with Crippen LogP contribution >= 0.6 is 0 Å². The van der Waals surface area contributed by atoms with Crippen LogP contribution in [0.5, 0.6) is 0 Å². The number of hydroxylamine groups is 1. The summed E-state index contributed by atoms with van der Waals surface area (Å²) in [4.78, 5) is 15.3. The Hall–Kier alpha value is -0.830. The van der Waals surface area contributed by atoms with Gasteiger partial charge >= 0.3 is 5.97 Å². The van der Waals surface area contributed by atoms with Crippen LogP contribution < -0.4 is 5.48 Å². The van der Waals surface area contributed by atoms with Crippen molar-refractivity contribution < 1.29 is 9.63 Å². The zero-order chi connectivity index (χ0) is 9.52. The number of hydrogen-bond donors (Lipinski definition) is 1. The maximum absolute atomic E-state index is 10.7. The fourth-order valence-corrected chi connectivity index (χ4v) is 1.66. The SMILES string of the molecule is C=CC(=O)ONCC1CCCCC1. The molecule has 0 aromatic rings. The first-order chi connectivity index (χ1) is 6.33. The standard InChI is InChI=1S/C10H17NO2/c1-2-10(12)13-11-8-9-6-4-3-5-7-9/h2,9,11H,1,3-8H2. The molecule has 3 heteroatoms. The third kappa shape index (κ3) is 4.08. The summed E-state index contributed by atoms with van der Waals surface area (Å²) in [6, 6.07) is 0. The maximum Gasteiger partial charge on any atom is 0.348 e. The molecule has 1 fully saturated rings. The number of carbonyl (C=O) groups is 1. The van der Waals surface area contributed by atoms with E-state index in [9.17, 15) is 4.79 Å². The molecule has 0 unspecified atom stereocenters. The normalized spacial score (nSPS) is 18.2. The fraction of sp³-hybridized carbons (Fsp3) is 0.700. The molecule has 0 spiro atoms. The molecule has 0 atom stereocenters. The lowest BCUT2D eigenvalue weighted by Gasteiger charge is -2.20. The summed E-state index contributed by atoms with van der Waals surface area (Å²) in [5, 5.41) is 0. The predicted molar refractivity (Wildman–Crippen MR) is 50.9 cm³/mol. The highest BCUT2D eigenvalue weighted by molar-refractivity contribution is 5.80. The summed E-state index contributed by atoms with van der Waals surface area (Å²) in [5.41, 5.74) is 2.68. The molecule has 3 nitrogen and oxygen atoms in total. The molecule has 1 N–H and O–H groups in total. The van der Waals surface area contributed by atoms with E-state index in [0.29, 0.717) is 5.92 Å². The monoisotopic (exact) mass is 183 g/mol. The summed E-state index contributed by atoms with van der Waals surface area (Å²) in [5.74, 6) is 0.266. The molecule has 0 heterocycles. The summed E-state index contributed by atoms with van der Waals surface area (Å²) in [7, 11) is 0. The topological polar surface area (TPSA) is 38.3 Å². The van der Waals surface area contributed by atoms with Gasteiger partial charge in [-0.2, -0.15) is 5.48 Å². The lowest BCUT2D eigenvalue weighted by atomic mass is 9.89. The van der Waals surface area contributed by atoms with Gasteiger partial charge in [-0.1, -0.05) is 25.8 Å². The molecule has 1 aliphatic rings. The van der Waals surface area contributed by atoms with E-state index in [0.717, 1.165) is 12.6 Å². The van der Waals surface area contributed by atoms with Crippen LogP contribution in [0.25, 0.3) is 0 Å². The van der Waals surface area contributed by atoms with E-state index in [4.69, 9.17) is 0 Å². The highest BCUT2D eigenvalue weighted by Crippen LogP contribution is 2.22. The van der Waals surface area contributed by atoms with Gasteiger partial charge in [0.2, 0.25) is 0 Å². The van der Waals surface area contributed by atoms with Crippen molar-refractivity contribution in [3.63, 3.8) is 0 Å². The summed E-state index contributed by atoms with van der Waals surface area (Å²) >= 11 is 0. The van der Waals surface area contributed by atoms with Crippen molar-refractivity contribution in [2.45, 2.75) is 32.1 Å². The van der Waals surface area contributed by atoms with Gasteiger partial charge in [0.1, 0.15) is 0 Å². The van der Waals surface area contributed by atoms with Gasteiger partial charge < -0.3 is 4.84 Å². The molecule has 1 saturated carbocycles. The van der Waals surface area contributed by atoms with Crippen LogP contribution in [0.3, 0.4) is 0 Å². The number of hydrogen-bond acceptors (Lipinski definition) is 3. The van der Waals surface area contributed by atoms with Gasteiger partial charge in [0.15, 0.2) is 0 Å². The Morgan fingerprint density at radius 3 is 2.77 bits per heavy atom. The van der Waals surface area contributed by atoms with Crippen LogP contribution in [0, 0.1) is 5.92 Å². The van der Waals surface area contributed by atoms with Crippen LogP contribution in [0.2, 0.25) is 0 Å². The van der Waals surface area contributed by atoms with Crippen LogP contribution in [0.4, 0.5) is 0 Å². The Morgan fingerprint density at radius 1 is 1.46 bits per heavy atom. The molecular weight excluding hydrogens is 166 g/mol. The summed E-state index contributed by atoms with van der Waals surface area (Å²) in [6.45, 7) is 4.09. The highest BCUT2D eigenvalue weighted by atomic mass is 16.7. The van der Waals surface area contributed by atoms with E-state index in [1.54, 1.807) is 0 Å². The lowest BCUT2D eigenvalue weighted by Crippen LogP contribution is -2.26. The maximum atomic E-state index is 10.7. The van der Waals surface area contributed by atoms with Gasteiger partial charge in [-0.3, -0.25) is 0 Å². The molecule has 0 aromatic carbocycles. The molecule has 1 rings (SSSR count). The quantitative estimate of drug-likeness (QED) is 0.533. The minimum atomic E-state index is -0.407. The van der Waals surface area contributed by atoms with Crippen molar-refractivity contribution >= 4 is 5.97 Å². The van der Waals surface area contributed by atoms with Crippen LogP contribution in [0.15, 0.2) is 12.7 Å². The molecule has 0 bridgehead atoms. The van der Waals surface area contributed by atoms with Crippen LogP contribution in [0.1, 0.15) is 32.1 Å². The molecule has 0 aromatic heterocycles. The van der Waals surface area contributed by atoms with Crippen molar-refractivity contribution in [1.29, 1.82) is 0 Å². The first-order valence-corrected chi connectivity index (χ1v) is 4.89. The number of nitrogens with one attached hydrogen (secondary N) is 1.